The van der Waals surface area contributed by atoms with E-state index in [4.69, 9.17) is 14.2 Å². The van der Waals surface area contributed by atoms with Gasteiger partial charge in [0.2, 0.25) is 0 Å². The second-order valence-corrected chi connectivity index (χ2v) is 19.0. The summed E-state index contributed by atoms with van der Waals surface area (Å²) in [6.45, 7) is 9.03. The molecule has 356 valence electrons. The first kappa shape index (κ1) is 58.4. The van der Waals surface area contributed by atoms with Gasteiger partial charge in [-0.25, -0.2) is 0 Å². The van der Waals surface area contributed by atoms with Crippen LogP contribution in [0.25, 0.3) is 0 Å². The van der Waals surface area contributed by atoms with Gasteiger partial charge >= 0.3 is 17.9 Å². The lowest BCUT2D eigenvalue weighted by molar-refractivity contribution is -0.167. The molecular formula is C54H104O6. The van der Waals surface area contributed by atoms with Crippen LogP contribution in [-0.2, 0) is 28.6 Å². The molecule has 0 bridgehead atoms. The maximum Gasteiger partial charge on any atom is 0.306 e. The van der Waals surface area contributed by atoms with Crippen molar-refractivity contribution in [1.82, 2.24) is 0 Å². The summed E-state index contributed by atoms with van der Waals surface area (Å²) in [5.41, 5.74) is 0. The van der Waals surface area contributed by atoms with Crippen LogP contribution in [-0.4, -0.2) is 37.2 Å². The van der Waals surface area contributed by atoms with Crippen LogP contribution in [0.1, 0.15) is 304 Å². The quantitative estimate of drug-likeness (QED) is 0.0345. The molecule has 0 aromatic heterocycles. The Morgan fingerprint density at radius 3 is 0.817 bits per heavy atom. The highest BCUT2D eigenvalue weighted by molar-refractivity contribution is 5.71. The van der Waals surface area contributed by atoms with E-state index >= 15 is 0 Å². The zero-order chi connectivity index (χ0) is 43.8. The summed E-state index contributed by atoms with van der Waals surface area (Å²) in [4.78, 5) is 38.0. The van der Waals surface area contributed by atoms with Gasteiger partial charge in [0, 0.05) is 19.3 Å². The van der Waals surface area contributed by atoms with Gasteiger partial charge in [0.15, 0.2) is 6.10 Å². The van der Waals surface area contributed by atoms with E-state index in [1.54, 1.807) is 0 Å². The van der Waals surface area contributed by atoms with E-state index in [2.05, 4.69) is 27.7 Å². The smallest absolute Gasteiger partial charge is 0.306 e. The minimum absolute atomic E-state index is 0.0625. The summed E-state index contributed by atoms with van der Waals surface area (Å²) >= 11 is 0. The number of carbonyl (C=O) groups is 3. The highest BCUT2D eigenvalue weighted by Crippen LogP contribution is 2.17. The molecule has 0 saturated carbocycles. The van der Waals surface area contributed by atoms with Crippen LogP contribution < -0.4 is 0 Å². The summed E-state index contributed by atoms with van der Waals surface area (Å²) < 4.78 is 16.8. The van der Waals surface area contributed by atoms with Crippen LogP contribution in [0.15, 0.2) is 0 Å². The molecule has 0 fully saturated rings. The molecule has 0 amide bonds. The van der Waals surface area contributed by atoms with Gasteiger partial charge in [-0.2, -0.15) is 0 Å². The second kappa shape index (κ2) is 48.4. The summed E-state index contributed by atoms with van der Waals surface area (Å²) in [5.74, 6) is -0.0226. The van der Waals surface area contributed by atoms with Crippen LogP contribution in [0.4, 0.5) is 0 Å². The summed E-state index contributed by atoms with van der Waals surface area (Å²) in [7, 11) is 0. The summed E-state index contributed by atoms with van der Waals surface area (Å²) in [6.07, 6.45) is 50.8. The number of hydrogen-bond acceptors (Lipinski definition) is 6. The standard InChI is InChI=1S/C54H104O6/c1-5-7-9-11-13-15-17-19-21-23-25-31-35-39-43-47-54(57)60-51(49-59-53(56)46-42-38-34-30-27-26-28-32-36-40-44-50(3)4)48-58-52(55)45-41-37-33-29-24-22-20-18-16-14-12-10-8-6-2/h50-51H,5-49H2,1-4H3/t51-/m1/s1. The number of hydrogen-bond donors (Lipinski definition) is 0. The molecule has 0 aromatic rings. The molecule has 0 saturated heterocycles. The summed E-state index contributed by atoms with van der Waals surface area (Å²) in [5, 5.41) is 0. The molecule has 0 N–H and O–H groups in total. The zero-order valence-corrected chi connectivity index (χ0v) is 40.9. The third-order valence-corrected chi connectivity index (χ3v) is 12.3. The molecule has 0 unspecified atom stereocenters. The monoisotopic (exact) mass is 849 g/mol. The summed E-state index contributed by atoms with van der Waals surface area (Å²) in [6, 6.07) is 0. The largest absolute Gasteiger partial charge is 0.462 e. The van der Waals surface area contributed by atoms with Crippen molar-refractivity contribution in [2.24, 2.45) is 5.92 Å². The molecule has 0 heterocycles. The van der Waals surface area contributed by atoms with E-state index in [0.717, 1.165) is 63.7 Å². The Kier molecular flexibility index (Phi) is 47.2. The lowest BCUT2D eigenvalue weighted by Crippen LogP contribution is -2.30. The van der Waals surface area contributed by atoms with Crippen molar-refractivity contribution in [3.8, 4) is 0 Å². The highest BCUT2D eigenvalue weighted by atomic mass is 16.6. The first-order valence-corrected chi connectivity index (χ1v) is 26.9. The predicted octanol–water partition coefficient (Wildman–Crippen LogP) is 17.5. The third kappa shape index (κ3) is 47.5. The van der Waals surface area contributed by atoms with Gasteiger partial charge in [0.1, 0.15) is 13.2 Å². The van der Waals surface area contributed by atoms with Gasteiger partial charge in [-0.3, -0.25) is 14.4 Å². The van der Waals surface area contributed by atoms with Crippen molar-refractivity contribution in [1.29, 1.82) is 0 Å². The average Bonchev–Trinajstić information content (AvgIpc) is 3.23. The van der Waals surface area contributed by atoms with Crippen molar-refractivity contribution in [2.45, 2.75) is 310 Å². The van der Waals surface area contributed by atoms with E-state index < -0.39 is 6.10 Å². The lowest BCUT2D eigenvalue weighted by Gasteiger charge is -2.18. The number of carbonyl (C=O) groups excluding carboxylic acids is 3. The maximum absolute atomic E-state index is 12.8. The van der Waals surface area contributed by atoms with Crippen LogP contribution in [0.3, 0.4) is 0 Å². The fourth-order valence-electron chi connectivity index (χ4n) is 8.22. The Morgan fingerprint density at radius 1 is 0.317 bits per heavy atom. The fraction of sp³-hybridized carbons (Fsp3) is 0.944. The number of esters is 3. The SMILES string of the molecule is CCCCCCCCCCCCCCCCCC(=O)O[C@H](COC(=O)CCCCCCCCCCCCCCCC)COC(=O)CCCCCCCCCCCCC(C)C. The van der Waals surface area contributed by atoms with Gasteiger partial charge < -0.3 is 14.2 Å². The average molecular weight is 849 g/mol. The molecule has 0 aliphatic carbocycles. The third-order valence-electron chi connectivity index (χ3n) is 12.3. The maximum atomic E-state index is 12.8. The minimum Gasteiger partial charge on any atom is -0.462 e. The molecule has 0 aliphatic rings. The topological polar surface area (TPSA) is 78.9 Å². The first-order chi connectivity index (χ1) is 29.4. The zero-order valence-electron chi connectivity index (χ0n) is 40.9. The van der Waals surface area contributed by atoms with E-state index in [1.807, 2.05) is 0 Å². The highest BCUT2D eigenvalue weighted by Gasteiger charge is 2.19. The van der Waals surface area contributed by atoms with Gasteiger partial charge in [-0.15, -0.1) is 0 Å². The molecule has 0 spiro atoms. The van der Waals surface area contributed by atoms with E-state index in [1.165, 1.54) is 199 Å². The number of rotatable bonds is 49. The minimum atomic E-state index is -0.761. The van der Waals surface area contributed by atoms with Gasteiger partial charge in [-0.1, -0.05) is 265 Å². The Hall–Kier alpha value is -1.59. The predicted molar refractivity (Wildman–Crippen MR) is 257 cm³/mol. The molecular weight excluding hydrogens is 745 g/mol. The normalized spacial score (nSPS) is 11.9. The van der Waals surface area contributed by atoms with Crippen molar-refractivity contribution >= 4 is 17.9 Å². The molecule has 0 aromatic carbocycles. The molecule has 6 nitrogen and oxygen atoms in total. The Morgan fingerprint density at radius 2 is 0.550 bits per heavy atom. The second-order valence-electron chi connectivity index (χ2n) is 19.0. The van der Waals surface area contributed by atoms with E-state index in [9.17, 15) is 14.4 Å². The van der Waals surface area contributed by atoms with E-state index in [0.29, 0.717) is 19.3 Å². The van der Waals surface area contributed by atoms with Crippen LogP contribution in [0.5, 0.6) is 0 Å². The van der Waals surface area contributed by atoms with E-state index in [-0.39, 0.29) is 31.1 Å². The molecule has 6 heteroatoms. The first-order valence-electron chi connectivity index (χ1n) is 26.9. The molecule has 0 aliphatic heterocycles. The van der Waals surface area contributed by atoms with Crippen molar-refractivity contribution in [3.63, 3.8) is 0 Å². The van der Waals surface area contributed by atoms with Gasteiger partial charge in [-0.05, 0) is 25.2 Å². The van der Waals surface area contributed by atoms with Crippen LogP contribution in [0.2, 0.25) is 0 Å². The molecule has 0 rings (SSSR count). The Labute approximate surface area is 374 Å². The van der Waals surface area contributed by atoms with Gasteiger partial charge in [0.25, 0.3) is 0 Å². The Bertz CT molecular complexity index is 903. The fourth-order valence-corrected chi connectivity index (χ4v) is 8.22. The number of ether oxygens (including phenoxy) is 3. The molecule has 0 radical (unpaired) electrons. The lowest BCUT2D eigenvalue weighted by atomic mass is 10.0. The van der Waals surface area contributed by atoms with Crippen LogP contribution in [0, 0.1) is 5.92 Å². The van der Waals surface area contributed by atoms with Crippen LogP contribution >= 0.6 is 0 Å². The molecule has 1 atom stereocenters. The van der Waals surface area contributed by atoms with Crippen molar-refractivity contribution in [3.05, 3.63) is 0 Å². The Balaban J connectivity index is 4.31. The number of unbranched alkanes of at least 4 members (excludes halogenated alkanes) is 36. The van der Waals surface area contributed by atoms with Crippen molar-refractivity contribution in [2.75, 3.05) is 13.2 Å². The van der Waals surface area contributed by atoms with Crippen molar-refractivity contribution < 1.29 is 28.6 Å². The molecule has 60 heavy (non-hydrogen) atoms. The van der Waals surface area contributed by atoms with Gasteiger partial charge in [0.05, 0.1) is 0 Å².